The minimum absolute atomic E-state index is 0.116. The van der Waals surface area contributed by atoms with Crippen molar-refractivity contribution in [3.8, 4) is 0 Å². The molecular weight excluding hydrogens is 720 g/mol. The maximum absolute atomic E-state index is 13.4. The molecule has 5 saturated heterocycles. The number of fused-ring (bicyclic) bond motifs is 8. The number of hydrogen-bond donors (Lipinski definition) is 0. The van der Waals surface area contributed by atoms with Crippen molar-refractivity contribution < 1.29 is 57.1 Å². The van der Waals surface area contributed by atoms with E-state index < -0.39 is 23.7 Å². The van der Waals surface area contributed by atoms with Gasteiger partial charge in [-0.2, -0.15) is 0 Å². The molecule has 5 rings (SSSR count). The average Bonchev–Trinajstić information content (AvgIpc) is 4.03. The van der Waals surface area contributed by atoms with Crippen molar-refractivity contribution in [1.29, 1.82) is 0 Å². The number of carbonyl (C=O) groups excluding carboxylic acids is 4. The van der Waals surface area contributed by atoms with Crippen molar-refractivity contribution in [2.75, 3.05) is 0 Å². The standard InChI is InChI=1S/C44H72O12/c1-9-29-21-33-13-17-38(49-33)26(6)42(46)54-31(11-3)23-35-15-19-40(51-35)28(8)44(48)56-32(12-4)24-36-16-20-39(52-36)27(7)43(47)55-30(10-2)22-34-14-18-37(50-34)25(5)41(45)53-29/h25-40H,9-24H2,1-8H3. The van der Waals surface area contributed by atoms with Gasteiger partial charge in [0.05, 0.1) is 72.5 Å². The predicted octanol–water partition coefficient (Wildman–Crippen LogP) is 7.58. The van der Waals surface area contributed by atoms with Crippen LogP contribution in [0.4, 0.5) is 0 Å². The van der Waals surface area contributed by atoms with Crippen LogP contribution in [0, 0.1) is 23.7 Å². The molecule has 5 aliphatic heterocycles. The lowest BCUT2D eigenvalue weighted by Gasteiger charge is -2.27. The third-order valence-electron chi connectivity index (χ3n) is 13.3. The zero-order valence-corrected chi connectivity index (χ0v) is 35.5. The molecule has 12 nitrogen and oxygen atoms in total. The monoisotopic (exact) mass is 793 g/mol. The van der Waals surface area contributed by atoms with E-state index in [0.29, 0.717) is 51.4 Å². The van der Waals surface area contributed by atoms with Gasteiger partial charge >= 0.3 is 23.9 Å². The lowest BCUT2D eigenvalue weighted by atomic mass is 9.99. The fourth-order valence-corrected chi connectivity index (χ4v) is 9.16. The van der Waals surface area contributed by atoms with Crippen LogP contribution in [0.25, 0.3) is 0 Å². The molecule has 0 aliphatic carbocycles. The molecule has 5 heterocycles. The second-order valence-corrected chi connectivity index (χ2v) is 17.5. The van der Waals surface area contributed by atoms with E-state index >= 15 is 0 Å². The molecule has 8 bridgehead atoms. The molecule has 12 heteroatoms. The molecule has 0 radical (unpaired) electrons. The zero-order chi connectivity index (χ0) is 40.5. The van der Waals surface area contributed by atoms with Gasteiger partial charge in [-0.3, -0.25) is 19.2 Å². The summed E-state index contributed by atoms with van der Waals surface area (Å²) < 4.78 is 49.6. The Morgan fingerprint density at radius 1 is 0.357 bits per heavy atom. The first-order chi connectivity index (χ1) is 26.8. The Bertz CT molecular complexity index is 1100. The average molecular weight is 793 g/mol. The van der Waals surface area contributed by atoms with Crippen molar-refractivity contribution in [1.82, 2.24) is 0 Å². The summed E-state index contributed by atoms with van der Waals surface area (Å²) in [5.41, 5.74) is 0. The van der Waals surface area contributed by atoms with Crippen molar-refractivity contribution in [2.24, 2.45) is 23.7 Å². The van der Waals surface area contributed by atoms with Gasteiger partial charge in [0.2, 0.25) is 0 Å². The Kier molecular flexibility index (Phi) is 16.9. The number of esters is 4. The van der Waals surface area contributed by atoms with Crippen LogP contribution in [-0.2, 0) is 57.1 Å². The van der Waals surface area contributed by atoms with E-state index in [0.717, 1.165) is 51.4 Å². The topological polar surface area (TPSA) is 142 Å². The molecule has 0 aromatic carbocycles. The fourth-order valence-electron chi connectivity index (χ4n) is 9.16. The van der Waals surface area contributed by atoms with Crippen LogP contribution in [0.5, 0.6) is 0 Å². The van der Waals surface area contributed by atoms with E-state index in [4.69, 9.17) is 37.9 Å². The Morgan fingerprint density at radius 3 is 0.732 bits per heavy atom. The number of hydrogen-bond acceptors (Lipinski definition) is 12. The summed E-state index contributed by atoms with van der Waals surface area (Å²) >= 11 is 0. The van der Waals surface area contributed by atoms with Gasteiger partial charge in [-0.25, -0.2) is 0 Å². The normalized spacial score (nSPS) is 42.9. The smallest absolute Gasteiger partial charge is 0.311 e. The number of carbonyl (C=O) groups is 4. The van der Waals surface area contributed by atoms with Crippen molar-refractivity contribution in [2.45, 2.75) is 231 Å². The third-order valence-corrected chi connectivity index (χ3v) is 13.3. The van der Waals surface area contributed by atoms with Crippen LogP contribution >= 0.6 is 0 Å². The highest BCUT2D eigenvalue weighted by atomic mass is 16.6. The molecule has 56 heavy (non-hydrogen) atoms. The van der Waals surface area contributed by atoms with Gasteiger partial charge < -0.3 is 37.9 Å². The number of ether oxygens (including phenoxy) is 8. The van der Waals surface area contributed by atoms with Gasteiger partial charge in [-0.1, -0.05) is 27.7 Å². The van der Waals surface area contributed by atoms with E-state index in [1.807, 2.05) is 55.4 Å². The van der Waals surface area contributed by atoms with Crippen LogP contribution in [0.3, 0.4) is 0 Å². The minimum atomic E-state index is -0.434. The van der Waals surface area contributed by atoms with Gasteiger partial charge in [0.1, 0.15) is 24.4 Å². The maximum atomic E-state index is 13.4. The Labute approximate surface area is 335 Å². The summed E-state index contributed by atoms with van der Waals surface area (Å²) in [6, 6.07) is 0. The van der Waals surface area contributed by atoms with Gasteiger partial charge in [-0.15, -0.1) is 0 Å². The van der Waals surface area contributed by atoms with Gasteiger partial charge in [0.15, 0.2) is 0 Å². The largest absolute Gasteiger partial charge is 0.462 e. The van der Waals surface area contributed by atoms with Gasteiger partial charge in [0, 0.05) is 25.7 Å². The lowest BCUT2D eigenvalue weighted by Crippen LogP contribution is -2.35. The molecule has 0 amide bonds. The Morgan fingerprint density at radius 2 is 0.554 bits per heavy atom. The van der Waals surface area contributed by atoms with E-state index in [9.17, 15) is 19.2 Å². The molecule has 0 aromatic rings. The molecule has 0 N–H and O–H groups in total. The molecule has 5 fully saturated rings. The molecule has 0 aromatic heterocycles. The molecule has 0 saturated carbocycles. The molecule has 16 unspecified atom stereocenters. The van der Waals surface area contributed by atoms with Gasteiger partial charge in [0.25, 0.3) is 0 Å². The van der Waals surface area contributed by atoms with Crippen molar-refractivity contribution in [3.05, 3.63) is 0 Å². The van der Waals surface area contributed by atoms with Crippen LogP contribution < -0.4 is 0 Å². The highest BCUT2D eigenvalue weighted by molar-refractivity contribution is 5.74. The molecular formula is C44H72O12. The SMILES string of the molecule is CCC1CC2CCC(O2)C(C)C(=O)OC(CC)CC2CCC(O2)C(C)C(=O)OC(CC)CC2CCC(O2)C(C)C(=O)OC(CC)CC2CCC(O2)C(C)C(=O)O1. The highest BCUT2D eigenvalue weighted by Gasteiger charge is 2.41. The second kappa shape index (κ2) is 21.1. The first-order valence-electron chi connectivity index (χ1n) is 22.3. The summed E-state index contributed by atoms with van der Waals surface area (Å²) in [5.74, 6) is -2.83. The second-order valence-electron chi connectivity index (χ2n) is 17.5. The highest BCUT2D eigenvalue weighted by Crippen LogP contribution is 2.35. The first-order valence-corrected chi connectivity index (χ1v) is 22.3. The Hall–Kier alpha value is -2.28. The lowest BCUT2D eigenvalue weighted by molar-refractivity contribution is -0.162. The Balaban J connectivity index is 1.24. The predicted molar refractivity (Wildman–Crippen MR) is 207 cm³/mol. The molecule has 16 atom stereocenters. The molecule has 320 valence electrons. The molecule has 0 spiro atoms. The van der Waals surface area contributed by atoms with Crippen molar-refractivity contribution >= 4 is 23.9 Å². The summed E-state index contributed by atoms with van der Waals surface area (Å²) in [6.45, 7) is 15.5. The van der Waals surface area contributed by atoms with E-state index in [2.05, 4.69) is 0 Å². The maximum Gasteiger partial charge on any atom is 0.311 e. The van der Waals surface area contributed by atoms with Crippen LogP contribution in [0.1, 0.15) is 158 Å². The summed E-state index contributed by atoms with van der Waals surface area (Å²) in [7, 11) is 0. The van der Waals surface area contributed by atoms with E-state index in [1.54, 1.807) is 0 Å². The first kappa shape index (κ1) is 44.8. The molecule has 5 aliphatic rings. The minimum Gasteiger partial charge on any atom is -0.462 e. The van der Waals surface area contributed by atoms with E-state index in [-0.39, 0.29) is 97.1 Å². The number of cyclic esters (lactones) is 4. The number of rotatable bonds is 4. The summed E-state index contributed by atoms with van der Waals surface area (Å²) in [5, 5.41) is 0. The van der Waals surface area contributed by atoms with Crippen LogP contribution in [0.15, 0.2) is 0 Å². The van der Waals surface area contributed by atoms with Crippen LogP contribution in [-0.4, -0.2) is 97.1 Å². The zero-order valence-electron chi connectivity index (χ0n) is 35.5. The fraction of sp³-hybridized carbons (Fsp3) is 0.909. The summed E-state index contributed by atoms with van der Waals surface area (Å²) in [6.07, 6.45) is 8.23. The third kappa shape index (κ3) is 11.9. The van der Waals surface area contributed by atoms with Gasteiger partial charge in [-0.05, 0) is 105 Å². The van der Waals surface area contributed by atoms with E-state index in [1.165, 1.54) is 0 Å². The summed E-state index contributed by atoms with van der Waals surface area (Å²) in [4.78, 5) is 53.5. The van der Waals surface area contributed by atoms with Crippen LogP contribution in [0.2, 0.25) is 0 Å². The quantitative estimate of drug-likeness (QED) is 0.205. The van der Waals surface area contributed by atoms with Crippen molar-refractivity contribution in [3.63, 3.8) is 0 Å².